The predicted octanol–water partition coefficient (Wildman–Crippen LogP) is 4.17. The third-order valence-corrected chi connectivity index (χ3v) is 7.34. The summed E-state index contributed by atoms with van der Waals surface area (Å²) in [5.74, 6) is 2.27. The second kappa shape index (κ2) is 8.54. The number of carbonyl (C=O) groups excluding carboxylic acids is 1. The summed E-state index contributed by atoms with van der Waals surface area (Å²) < 4.78 is 6.36. The van der Waals surface area contributed by atoms with Gasteiger partial charge in [0.15, 0.2) is 0 Å². The molecule has 4 fully saturated rings. The fourth-order valence-electron chi connectivity index (χ4n) is 6.32. The van der Waals surface area contributed by atoms with Crippen LogP contribution in [0, 0.1) is 17.8 Å². The van der Waals surface area contributed by atoms with Crippen LogP contribution in [0.2, 0.25) is 0 Å². The smallest absolute Gasteiger partial charge is 0.328 e. The molecule has 0 aliphatic heterocycles. The summed E-state index contributed by atoms with van der Waals surface area (Å²) in [4.78, 5) is 15.7. The highest BCUT2D eigenvalue weighted by Gasteiger charge is 2.53. The lowest BCUT2D eigenvalue weighted by Crippen LogP contribution is -2.53. The van der Waals surface area contributed by atoms with Gasteiger partial charge in [0.25, 0.3) is 0 Å². The number of ether oxygens (including phenoxy) is 1. The Morgan fingerprint density at radius 2 is 1.64 bits per heavy atom. The Hall–Kier alpha value is -1.39. The molecule has 1 aromatic carbocycles. The summed E-state index contributed by atoms with van der Waals surface area (Å²) >= 11 is 0. The lowest BCUT2D eigenvalue weighted by Gasteiger charge is -2.55. The highest BCUT2D eigenvalue weighted by Crippen LogP contribution is 2.57. The van der Waals surface area contributed by atoms with Gasteiger partial charge in [-0.1, -0.05) is 44.2 Å². The van der Waals surface area contributed by atoms with E-state index in [0.29, 0.717) is 0 Å². The van der Waals surface area contributed by atoms with Crippen molar-refractivity contribution >= 4 is 5.97 Å². The highest BCUT2D eigenvalue weighted by molar-refractivity contribution is 5.78. The highest BCUT2D eigenvalue weighted by atomic mass is 16.6. The fourth-order valence-corrected chi connectivity index (χ4v) is 6.32. The zero-order valence-electron chi connectivity index (χ0n) is 17.5. The number of carbonyl (C=O) groups is 1. The van der Waals surface area contributed by atoms with Gasteiger partial charge < -0.3 is 9.64 Å². The normalized spacial score (nSPS) is 31.9. The first kappa shape index (κ1) is 19.9. The molecule has 0 saturated heterocycles. The zero-order chi connectivity index (χ0) is 19.6. The number of esters is 1. The molecule has 4 aliphatic rings. The van der Waals surface area contributed by atoms with Crippen LogP contribution in [0.4, 0.5) is 0 Å². The van der Waals surface area contributed by atoms with Crippen LogP contribution in [0.25, 0.3) is 0 Å². The number of likely N-dealkylation sites (N-methyl/N-ethyl adjacent to an activating group) is 1. The van der Waals surface area contributed by atoms with Crippen LogP contribution in [-0.4, -0.2) is 42.6 Å². The molecule has 0 heterocycles. The van der Waals surface area contributed by atoms with Crippen molar-refractivity contribution in [3.05, 3.63) is 35.9 Å². The van der Waals surface area contributed by atoms with E-state index >= 15 is 0 Å². The third kappa shape index (κ3) is 4.28. The Labute approximate surface area is 170 Å². The summed E-state index contributed by atoms with van der Waals surface area (Å²) in [5.41, 5.74) is 0.830. The van der Waals surface area contributed by atoms with Crippen LogP contribution < -0.4 is 5.32 Å². The van der Waals surface area contributed by atoms with E-state index in [1.165, 1.54) is 19.3 Å². The van der Waals surface area contributed by atoms with E-state index < -0.39 is 0 Å². The lowest BCUT2D eigenvalue weighted by atomic mass is 9.54. The number of nitrogens with one attached hydrogen (secondary N) is 1. The quantitative estimate of drug-likeness (QED) is 0.649. The molecule has 1 atom stereocenters. The summed E-state index contributed by atoms with van der Waals surface area (Å²) in [5, 5.41) is 3.50. The lowest BCUT2D eigenvalue weighted by molar-refractivity contribution is -0.189. The largest absolute Gasteiger partial charge is 0.458 e. The van der Waals surface area contributed by atoms with Crippen molar-refractivity contribution in [3.63, 3.8) is 0 Å². The molecule has 154 valence electrons. The van der Waals surface area contributed by atoms with E-state index in [2.05, 4.69) is 24.1 Å². The van der Waals surface area contributed by atoms with E-state index in [4.69, 9.17) is 4.74 Å². The first-order valence-corrected chi connectivity index (χ1v) is 11.3. The van der Waals surface area contributed by atoms with Crippen molar-refractivity contribution in [3.8, 4) is 0 Å². The van der Waals surface area contributed by atoms with E-state index in [0.717, 1.165) is 68.8 Å². The van der Waals surface area contributed by atoms with Crippen molar-refractivity contribution in [2.24, 2.45) is 17.8 Å². The number of rotatable bonds is 9. The minimum absolute atomic E-state index is 0.0762. The summed E-state index contributed by atoms with van der Waals surface area (Å²) in [6.45, 7) is 8.16. The topological polar surface area (TPSA) is 41.6 Å². The van der Waals surface area contributed by atoms with Gasteiger partial charge in [0.05, 0.1) is 0 Å². The summed E-state index contributed by atoms with van der Waals surface area (Å²) in [6, 6.07) is 9.72. The van der Waals surface area contributed by atoms with Gasteiger partial charge in [0, 0.05) is 13.1 Å². The molecule has 0 amide bonds. The van der Waals surface area contributed by atoms with Crippen molar-refractivity contribution < 1.29 is 9.53 Å². The molecule has 1 unspecified atom stereocenters. The zero-order valence-corrected chi connectivity index (χ0v) is 17.5. The molecular weight excluding hydrogens is 348 g/mol. The minimum atomic E-state index is -0.371. The van der Waals surface area contributed by atoms with Gasteiger partial charge in [-0.2, -0.15) is 0 Å². The van der Waals surface area contributed by atoms with Crippen LogP contribution in [0.1, 0.15) is 64.0 Å². The predicted molar refractivity (Wildman–Crippen MR) is 112 cm³/mol. The molecule has 1 N–H and O–H groups in total. The molecular formula is C24H36N2O2. The van der Waals surface area contributed by atoms with E-state index in [1.54, 1.807) is 0 Å². The van der Waals surface area contributed by atoms with Crippen molar-refractivity contribution in [2.75, 3.05) is 26.2 Å². The van der Waals surface area contributed by atoms with Gasteiger partial charge in [0.2, 0.25) is 0 Å². The Balaban J connectivity index is 1.44. The molecule has 4 nitrogen and oxygen atoms in total. The molecule has 0 spiro atoms. The van der Waals surface area contributed by atoms with Crippen LogP contribution in [0.15, 0.2) is 30.3 Å². The number of hydrogen-bond donors (Lipinski definition) is 1. The minimum Gasteiger partial charge on any atom is -0.458 e. The van der Waals surface area contributed by atoms with Crippen LogP contribution in [0.3, 0.4) is 0 Å². The van der Waals surface area contributed by atoms with Gasteiger partial charge in [-0.05, 0) is 74.9 Å². The van der Waals surface area contributed by atoms with Gasteiger partial charge in [-0.25, -0.2) is 4.79 Å². The molecule has 4 aliphatic carbocycles. The first-order chi connectivity index (χ1) is 13.6. The first-order valence-electron chi connectivity index (χ1n) is 11.3. The van der Waals surface area contributed by atoms with Crippen LogP contribution >= 0.6 is 0 Å². The average Bonchev–Trinajstić information content (AvgIpc) is 2.67. The second-order valence-corrected chi connectivity index (χ2v) is 9.35. The summed E-state index contributed by atoms with van der Waals surface area (Å²) in [7, 11) is 0. The Morgan fingerprint density at radius 1 is 1.07 bits per heavy atom. The number of hydrogen-bond acceptors (Lipinski definition) is 4. The molecule has 0 aromatic heterocycles. The monoisotopic (exact) mass is 384 g/mol. The fraction of sp³-hybridized carbons (Fsp3) is 0.708. The third-order valence-electron chi connectivity index (χ3n) is 7.34. The molecule has 4 saturated carbocycles. The van der Waals surface area contributed by atoms with Gasteiger partial charge in [-0.15, -0.1) is 0 Å². The Morgan fingerprint density at radius 3 is 2.18 bits per heavy atom. The van der Waals surface area contributed by atoms with Gasteiger partial charge in [-0.3, -0.25) is 5.32 Å². The van der Waals surface area contributed by atoms with Gasteiger partial charge >= 0.3 is 5.97 Å². The number of nitrogens with zero attached hydrogens (tertiary/aromatic N) is 1. The maximum atomic E-state index is 13.3. The van der Waals surface area contributed by atoms with Crippen LogP contribution in [-0.2, 0) is 9.53 Å². The summed E-state index contributed by atoms with van der Waals surface area (Å²) in [6.07, 6.45) is 7.35. The Kier molecular flexibility index (Phi) is 6.07. The molecule has 4 heteroatoms. The van der Waals surface area contributed by atoms with Crippen LogP contribution in [0.5, 0.6) is 0 Å². The van der Waals surface area contributed by atoms with Crippen molar-refractivity contribution in [1.29, 1.82) is 0 Å². The molecule has 0 radical (unpaired) electrons. The second-order valence-electron chi connectivity index (χ2n) is 9.35. The van der Waals surface area contributed by atoms with Crippen molar-refractivity contribution in [2.45, 2.75) is 64.0 Å². The Bertz CT molecular complexity index is 621. The molecule has 4 bridgehead atoms. The van der Waals surface area contributed by atoms with E-state index in [-0.39, 0.29) is 17.6 Å². The maximum absolute atomic E-state index is 13.3. The SMILES string of the molecule is CCN(CC)CCNC(C(=O)OC12CC3CC(CC(C3)C1)C2)c1ccccc1. The van der Waals surface area contributed by atoms with E-state index in [9.17, 15) is 4.79 Å². The average molecular weight is 385 g/mol. The molecule has 5 rings (SSSR count). The molecule has 28 heavy (non-hydrogen) atoms. The van der Waals surface area contributed by atoms with Gasteiger partial charge in [0.1, 0.15) is 11.6 Å². The standard InChI is InChI=1S/C24H36N2O2/c1-3-26(4-2)11-10-25-22(21-8-6-5-7-9-21)23(27)28-24-15-18-12-19(16-24)14-20(13-18)17-24/h5-9,18-20,22,25H,3-4,10-17H2,1-2H3. The van der Waals surface area contributed by atoms with Crippen molar-refractivity contribution in [1.82, 2.24) is 10.2 Å². The molecule has 1 aromatic rings. The van der Waals surface area contributed by atoms with E-state index in [1.807, 2.05) is 30.3 Å². The number of benzene rings is 1. The maximum Gasteiger partial charge on any atom is 0.328 e.